The van der Waals surface area contributed by atoms with E-state index >= 15 is 0 Å². The number of hydrogen-bond donors (Lipinski definition) is 2. The van der Waals surface area contributed by atoms with Crippen molar-refractivity contribution in [3.05, 3.63) is 34.9 Å². The molecule has 19 heavy (non-hydrogen) atoms. The van der Waals surface area contributed by atoms with E-state index in [-0.39, 0.29) is 30.9 Å². The summed E-state index contributed by atoms with van der Waals surface area (Å²) in [6.45, 7) is 0.0385. The lowest BCUT2D eigenvalue weighted by atomic mass is 9.91. The molecule has 1 unspecified atom stereocenters. The van der Waals surface area contributed by atoms with Gasteiger partial charge < -0.3 is 11.1 Å². The number of nitrogens with two attached hydrogens (primary N) is 1. The fourth-order valence-corrected chi connectivity index (χ4v) is 2.79. The Labute approximate surface area is 125 Å². The van der Waals surface area contributed by atoms with Crippen LogP contribution in [0.15, 0.2) is 24.3 Å². The molecule has 1 aliphatic rings. The lowest BCUT2D eigenvalue weighted by molar-refractivity contribution is -0.120. The highest BCUT2D eigenvalue weighted by Gasteiger charge is 2.27. The van der Waals surface area contributed by atoms with Crippen molar-refractivity contribution < 1.29 is 4.79 Å². The van der Waals surface area contributed by atoms with Gasteiger partial charge in [-0.1, -0.05) is 36.6 Å². The van der Waals surface area contributed by atoms with E-state index in [1.807, 2.05) is 24.3 Å². The van der Waals surface area contributed by atoms with Crippen molar-refractivity contribution in [2.45, 2.75) is 31.7 Å². The predicted molar refractivity (Wildman–Crippen MR) is 80.6 cm³/mol. The van der Waals surface area contributed by atoms with E-state index in [0.717, 1.165) is 18.4 Å². The Morgan fingerprint density at radius 2 is 1.89 bits per heavy atom. The lowest BCUT2D eigenvalue weighted by Gasteiger charge is -2.25. The van der Waals surface area contributed by atoms with Crippen molar-refractivity contribution in [1.82, 2.24) is 5.32 Å². The SMILES string of the molecule is Cl.NCC(=O)NC(c1ccc(Cl)cc1)C1CCCC1. The van der Waals surface area contributed by atoms with Crippen LogP contribution in [0.4, 0.5) is 0 Å². The van der Waals surface area contributed by atoms with Gasteiger partial charge in [0.2, 0.25) is 5.91 Å². The molecule has 5 heteroatoms. The molecule has 0 bridgehead atoms. The van der Waals surface area contributed by atoms with Gasteiger partial charge in [0.1, 0.15) is 0 Å². The van der Waals surface area contributed by atoms with Crippen molar-refractivity contribution in [2.75, 3.05) is 6.54 Å². The van der Waals surface area contributed by atoms with Gasteiger partial charge in [-0.3, -0.25) is 4.79 Å². The number of carbonyl (C=O) groups is 1. The van der Waals surface area contributed by atoms with Gasteiger partial charge in [-0.05, 0) is 36.5 Å². The van der Waals surface area contributed by atoms with Crippen molar-refractivity contribution in [2.24, 2.45) is 11.7 Å². The molecule has 2 rings (SSSR count). The van der Waals surface area contributed by atoms with Crippen LogP contribution >= 0.6 is 24.0 Å². The largest absolute Gasteiger partial charge is 0.348 e. The minimum atomic E-state index is -0.0955. The normalized spacial score (nSPS) is 16.7. The quantitative estimate of drug-likeness (QED) is 0.898. The van der Waals surface area contributed by atoms with E-state index < -0.39 is 0 Å². The summed E-state index contributed by atoms with van der Waals surface area (Å²) in [7, 11) is 0. The van der Waals surface area contributed by atoms with E-state index in [1.54, 1.807) is 0 Å². The molecular formula is C14H20Cl2N2O. The standard InChI is InChI=1S/C14H19ClN2O.ClH/c15-12-7-5-11(6-8-12)14(17-13(18)9-16)10-3-1-2-4-10;/h5-8,10,14H,1-4,9,16H2,(H,17,18);1H. The van der Waals surface area contributed by atoms with Gasteiger partial charge in [-0.2, -0.15) is 0 Å². The highest BCUT2D eigenvalue weighted by Crippen LogP contribution is 2.35. The van der Waals surface area contributed by atoms with Crippen molar-refractivity contribution in [3.8, 4) is 0 Å². The second-order valence-electron chi connectivity index (χ2n) is 4.85. The van der Waals surface area contributed by atoms with Gasteiger partial charge in [-0.15, -0.1) is 12.4 Å². The zero-order chi connectivity index (χ0) is 13.0. The first kappa shape index (κ1) is 16.3. The second kappa shape index (κ2) is 7.73. The highest BCUT2D eigenvalue weighted by molar-refractivity contribution is 6.30. The number of carbonyl (C=O) groups excluding carboxylic acids is 1. The summed E-state index contributed by atoms with van der Waals surface area (Å²) in [4.78, 5) is 11.6. The molecule has 0 radical (unpaired) electrons. The molecule has 106 valence electrons. The molecular weight excluding hydrogens is 283 g/mol. The molecule has 0 aliphatic heterocycles. The molecule has 1 atom stereocenters. The summed E-state index contributed by atoms with van der Waals surface area (Å²) in [6.07, 6.45) is 4.82. The Balaban J connectivity index is 0.00000180. The summed E-state index contributed by atoms with van der Waals surface area (Å²) >= 11 is 5.90. The molecule has 0 aromatic heterocycles. The number of hydrogen-bond acceptors (Lipinski definition) is 2. The van der Waals surface area contributed by atoms with Crippen LogP contribution in [0.2, 0.25) is 5.02 Å². The maximum Gasteiger partial charge on any atom is 0.234 e. The lowest BCUT2D eigenvalue weighted by Crippen LogP contribution is -2.36. The summed E-state index contributed by atoms with van der Waals surface area (Å²) in [6, 6.07) is 7.78. The maximum atomic E-state index is 11.6. The van der Waals surface area contributed by atoms with Crippen LogP contribution in [0, 0.1) is 5.92 Å². The van der Waals surface area contributed by atoms with Crippen molar-refractivity contribution >= 4 is 29.9 Å². The molecule has 1 aromatic carbocycles. The first-order valence-corrected chi connectivity index (χ1v) is 6.83. The van der Waals surface area contributed by atoms with Crippen LogP contribution in [0.25, 0.3) is 0 Å². The molecule has 0 saturated heterocycles. The van der Waals surface area contributed by atoms with Gasteiger partial charge in [-0.25, -0.2) is 0 Å². The van der Waals surface area contributed by atoms with Crippen LogP contribution in [0.1, 0.15) is 37.3 Å². The van der Waals surface area contributed by atoms with Crippen LogP contribution in [0.3, 0.4) is 0 Å². The summed E-state index contributed by atoms with van der Waals surface area (Å²) in [5.74, 6) is 0.420. The zero-order valence-electron chi connectivity index (χ0n) is 10.8. The average molecular weight is 303 g/mol. The zero-order valence-corrected chi connectivity index (χ0v) is 12.3. The van der Waals surface area contributed by atoms with Crippen LogP contribution < -0.4 is 11.1 Å². The number of amides is 1. The molecule has 3 nitrogen and oxygen atoms in total. The smallest absolute Gasteiger partial charge is 0.234 e. The fraction of sp³-hybridized carbons (Fsp3) is 0.500. The summed E-state index contributed by atoms with van der Waals surface area (Å²) in [5, 5.41) is 3.75. The minimum absolute atomic E-state index is 0. The fourth-order valence-electron chi connectivity index (χ4n) is 2.67. The topological polar surface area (TPSA) is 55.1 Å². The molecule has 1 amide bonds. The Morgan fingerprint density at radius 1 is 1.32 bits per heavy atom. The first-order chi connectivity index (χ1) is 8.70. The second-order valence-corrected chi connectivity index (χ2v) is 5.28. The Morgan fingerprint density at radius 3 is 2.42 bits per heavy atom. The summed E-state index contributed by atoms with van der Waals surface area (Å²) < 4.78 is 0. The molecule has 0 spiro atoms. The predicted octanol–water partition coefficient (Wildman–Crippen LogP) is 3.07. The van der Waals surface area contributed by atoms with Crippen molar-refractivity contribution in [1.29, 1.82) is 0 Å². The van der Waals surface area contributed by atoms with Crippen molar-refractivity contribution in [3.63, 3.8) is 0 Å². The van der Waals surface area contributed by atoms with Gasteiger partial charge in [0, 0.05) is 5.02 Å². The molecule has 0 heterocycles. The van der Waals surface area contributed by atoms with E-state index in [0.29, 0.717) is 10.9 Å². The molecule has 1 saturated carbocycles. The number of rotatable bonds is 4. The summed E-state index contributed by atoms with van der Waals surface area (Å²) in [5.41, 5.74) is 6.51. The molecule has 3 N–H and O–H groups in total. The number of halogens is 2. The Bertz CT molecular complexity index is 402. The van der Waals surface area contributed by atoms with Gasteiger partial charge in [0.05, 0.1) is 12.6 Å². The highest BCUT2D eigenvalue weighted by atomic mass is 35.5. The van der Waals surface area contributed by atoms with Gasteiger partial charge >= 0.3 is 0 Å². The van der Waals surface area contributed by atoms with Gasteiger partial charge in [0.15, 0.2) is 0 Å². The number of nitrogens with one attached hydrogen (secondary N) is 1. The average Bonchev–Trinajstić information content (AvgIpc) is 2.90. The molecule has 1 fully saturated rings. The maximum absolute atomic E-state index is 11.6. The molecule has 1 aliphatic carbocycles. The van der Waals surface area contributed by atoms with E-state index in [9.17, 15) is 4.79 Å². The first-order valence-electron chi connectivity index (χ1n) is 6.45. The van der Waals surface area contributed by atoms with E-state index in [4.69, 9.17) is 17.3 Å². The van der Waals surface area contributed by atoms with Crippen LogP contribution in [0.5, 0.6) is 0 Å². The Hall–Kier alpha value is -0.770. The molecule has 1 aromatic rings. The van der Waals surface area contributed by atoms with Crippen LogP contribution in [-0.2, 0) is 4.79 Å². The minimum Gasteiger partial charge on any atom is -0.348 e. The number of benzene rings is 1. The Kier molecular flexibility index (Phi) is 6.63. The van der Waals surface area contributed by atoms with Gasteiger partial charge in [0.25, 0.3) is 0 Å². The third-order valence-electron chi connectivity index (χ3n) is 3.60. The monoisotopic (exact) mass is 302 g/mol. The third kappa shape index (κ3) is 4.37. The van der Waals surface area contributed by atoms with E-state index in [2.05, 4.69) is 5.32 Å². The third-order valence-corrected chi connectivity index (χ3v) is 3.85. The van der Waals surface area contributed by atoms with Crippen LogP contribution in [-0.4, -0.2) is 12.5 Å². The van der Waals surface area contributed by atoms with E-state index in [1.165, 1.54) is 12.8 Å².